The van der Waals surface area contributed by atoms with Gasteiger partial charge in [-0.05, 0) is 87.7 Å². The van der Waals surface area contributed by atoms with E-state index >= 15 is 0 Å². The van der Waals surface area contributed by atoms with Crippen molar-refractivity contribution in [1.82, 2.24) is 0 Å². The molecule has 8 heteroatoms. The molecular weight excluding hydrogens is 477 g/mol. The Hall–Kier alpha value is -1.32. The highest BCUT2D eigenvalue weighted by Crippen LogP contribution is 2.68. The number of aliphatic hydroxyl groups is 5. The predicted molar refractivity (Wildman–Crippen MR) is 134 cm³/mol. The average molecular weight is 522 g/mol. The van der Waals surface area contributed by atoms with E-state index in [1.807, 2.05) is 20.8 Å². The molecule has 4 fully saturated rings. The number of cyclic esters (lactones) is 1. The topological polar surface area (TPSA) is 145 Å². The molecule has 0 unspecified atom stereocenters. The third-order valence-electron chi connectivity index (χ3n) is 11.9. The van der Waals surface area contributed by atoms with E-state index in [9.17, 15) is 35.1 Å². The Morgan fingerprint density at radius 3 is 2.41 bits per heavy atom. The zero-order valence-electron chi connectivity index (χ0n) is 22.7. The number of carbonyl (C=O) groups excluding carboxylic acids is 2. The van der Waals surface area contributed by atoms with E-state index < -0.39 is 52.2 Å². The zero-order valence-corrected chi connectivity index (χ0v) is 22.7. The standard InChI is InChI=1S/C29H44O8/c1-14-16(15(2)37-25(14)34)10-24(33)28(5,35)23-7-9-29(36)18-11-20(30)19-12-21(31)22(32)13-26(19,3)17(18)6-8-27(23,29)4/h11,14-17,19,21-24,31-33,35-36H,6-10,12-13H2,1-5H3/t14-,15-,16+,17+,19+,21-,22+,23+,24-,26-,27-,28-,29-/m1/s1/i25+1. The second-order valence-corrected chi connectivity index (χ2v) is 13.7. The number of carbonyl (C=O) groups is 2. The van der Waals surface area contributed by atoms with Crippen LogP contribution < -0.4 is 0 Å². The summed E-state index contributed by atoms with van der Waals surface area (Å²) >= 11 is 0. The Morgan fingerprint density at radius 1 is 1.11 bits per heavy atom. The molecule has 13 atom stereocenters. The van der Waals surface area contributed by atoms with E-state index in [0.717, 1.165) is 0 Å². The SMILES string of the molecule is C[C@@H]1[C@H](C[C@@H](O)[C@](C)(O)[C@H]2CC[C@@]3(O)C4=CC(=O)[C@@H]5C[C@@H](O)[C@@H](O)C[C@]5(C)[C@H]4CC[C@]23C)[C@@H](C)O[13C]1=O. The minimum Gasteiger partial charge on any atom is -0.462 e. The van der Waals surface area contributed by atoms with E-state index in [-0.39, 0.29) is 48.5 Å². The Labute approximate surface area is 219 Å². The van der Waals surface area contributed by atoms with Gasteiger partial charge in [0, 0.05) is 17.3 Å². The molecule has 0 bridgehead atoms. The van der Waals surface area contributed by atoms with Crippen LogP contribution in [0.1, 0.15) is 79.6 Å². The first-order valence-corrected chi connectivity index (χ1v) is 14.0. The van der Waals surface area contributed by atoms with E-state index in [1.54, 1.807) is 19.9 Å². The van der Waals surface area contributed by atoms with E-state index in [1.165, 1.54) is 0 Å². The fraction of sp³-hybridized carbons (Fsp3) is 0.862. The molecule has 4 aliphatic carbocycles. The Bertz CT molecular complexity index is 1010. The Morgan fingerprint density at radius 2 is 1.78 bits per heavy atom. The molecule has 37 heavy (non-hydrogen) atoms. The number of hydrogen-bond acceptors (Lipinski definition) is 8. The van der Waals surface area contributed by atoms with Crippen molar-refractivity contribution in [3.8, 4) is 0 Å². The molecule has 3 saturated carbocycles. The van der Waals surface area contributed by atoms with Crippen molar-refractivity contribution in [1.29, 1.82) is 0 Å². The van der Waals surface area contributed by atoms with Crippen LogP contribution in [0.4, 0.5) is 0 Å². The molecule has 0 radical (unpaired) electrons. The van der Waals surface area contributed by atoms with E-state index in [2.05, 4.69) is 0 Å². The van der Waals surface area contributed by atoms with Crippen molar-refractivity contribution in [2.24, 2.45) is 40.4 Å². The molecule has 0 amide bonds. The van der Waals surface area contributed by atoms with Crippen LogP contribution in [0.15, 0.2) is 11.6 Å². The summed E-state index contributed by atoms with van der Waals surface area (Å²) in [5.74, 6) is -1.88. The average Bonchev–Trinajstić information content (AvgIpc) is 3.23. The molecule has 0 aromatic rings. The second kappa shape index (κ2) is 8.59. The number of hydrogen-bond donors (Lipinski definition) is 5. The van der Waals surface area contributed by atoms with Crippen LogP contribution in [0.3, 0.4) is 0 Å². The molecule has 0 aromatic heterocycles. The van der Waals surface area contributed by atoms with Gasteiger partial charge >= 0.3 is 5.97 Å². The fourth-order valence-electron chi connectivity index (χ4n) is 9.39. The monoisotopic (exact) mass is 521 g/mol. The molecule has 1 saturated heterocycles. The van der Waals surface area contributed by atoms with Gasteiger partial charge in [0.25, 0.3) is 0 Å². The lowest BCUT2D eigenvalue weighted by Gasteiger charge is -2.60. The first kappa shape index (κ1) is 27.3. The summed E-state index contributed by atoms with van der Waals surface area (Å²) in [6.07, 6.45) is 1.21. The van der Waals surface area contributed by atoms with Crippen molar-refractivity contribution < 1.29 is 39.9 Å². The van der Waals surface area contributed by atoms with E-state index in [0.29, 0.717) is 37.7 Å². The van der Waals surface area contributed by atoms with Crippen molar-refractivity contribution in [2.45, 2.75) is 115 Å². The lowest BCUT2D eigenvalue weighted by molar-refractivity contribution is -0.178. The Kier molecular flexibility index (Phi) is 6.33. The first-order chi connectivity index (χ1) is 17.1. The van der Waals surface area contributed by atoms with Crippen molar-refractivity contribution in [3.05, 3.63) is 11.6 Å². The van der Waals surface area contributed by atoms with Crippen LogP contribution >= 0.6 is 0 Å². The predicted octanol–water partition coefficient (Wildman–Crippen LogP) is 1.89. The number of ether oxygens (including phenoxy) is 1. The molecule has 0 spiro atoms. The van der Waals surface area contributed by atoms with Crippen LogP contribution in [-0.4, -0.2) is 72.9 Å². The maximum absolute atomic E-state index is 13.3. The smallest absolute Gasteiger partial charge is 0.309 e. The van der Waals surface area contributed by atoms with Crippen LogP contribution in [0.2, 0.25) is 0 Å². The van der Waals surface area contributed by atoms with Gasteiger partial charge in [-0.3, -0.25) is 9.59 Å². The number of fused-ring (bicyclic) bond motifs is 5. The highest BCUT2D eigenvalue weighted by Gasteiger charge is 2.69. The maximum Gasteiger partial charge on any atom is 0.309 e. The van der Waals surface area contributed by atoms with Gasteiger partial charge in [0.1, 0.15) is 6.10 Å². The summed E-state index contributed by atoms with van der Waals surface area (Å²) in [6, 6.07) is 0. The summed E-state index contributed by atoms with van der Waals surface area (Å²) in [4.78, 5) is 25.4. The van der Waals surface area contributed by atoms with Crippen LogP contribution in [-0.2, 0) is 14.3 Å². The number of rotatable bonds is 4. The fourth-order valence-corrected chi connectivity index (χ4v) is 9.39. The molecular formula is C29H44O8. The van der Waals surface area contributed by atoms with Gasteiger partial charge in [0.05, 0.1) is 35.4 Å². The summed E-state index contributed by atoms with van der Waals surface area (Å²) in [7, 11) is 0. The molecule has 5 aliphatic rings. The van der Waals surface area contributed by atoms with Crippen molar-refractivity contribution in [2.75, 3.05) is 0 Å². The molecule has 208 valence electrons. The maximum atomic E-state index is 13.3. The largest absolute Gasteiger partial charge is 0.462 e. The van der Waals surface area contributed by atoms with Gasteiger partial charge in [-0.25, -0.2) is 0 Å². The summed E-state index contributed by atoms with van der Waals surface area (Å²) in [6.45, 7) is 9.21. The van der Waals surface area contributed by atoms with Crippen LogP contribution in [0.5, 0.6) is 0 Å². The third kappa shape index (κ3) is 3.65. The number of aliphatic hydroxyl groups excluding tert-OH is 3. The van der Waals surface area contributed by atoms with Crippen molar-refractivity contribution >= 4 is 11.8 Å². The number of allylic oxidation sites excluding steroid dienone is 1. The molecule has 5 rings (SSSR count). The molecule has 1 heterocycles. The number of esters is 1. The second-order valence-electron chi connectivity index (χ2n) is 13.7. The summed E-state index contributed by atoms with van der Waals surface area (Å²) in [5, 5.41) is 56.2. The summed E-state index contributed by atoms with van der Waals surface area (Å²) < 4.78 is 5.34. The highest BCUT2D eigenvalue weighted by molar-refractivity contribution is 5.95. The van der Waals surface area contributed by atoms with Crippen molar-refractivity contribution in [3.63, 3.8) is 0 Å². The van der Waals surface area contributed by atoms with Gasteiger partial charge in [0.15, 0.2) is 5.78 Å². The molecule has 0 aromatic carbocycles. The van der Waals surface area contributed by atoms with Gasteiger partial charge in [-0.1, -0.05) is 20.8 Å². The minimum absolute atomic E-state index is 0.104. The highest BCUT2D eigenvalue weighted by atomic mass is 16.6. The zero-order chi connectivity index (χ0) is 27.3. The van der Waals surface area contributed by atoms with E-state index in [4.69, 9.17) is 4.74 Å². The summed E-state index contributed by atoms with van der Waals surface area (Å²) in [5.41, 5.74) is -3.47. The quantitative estimate of drug-likeness (QED) is 0.279. The lowest BCUT2D eigenvalue weighted by Crippen LogP contribution is -2.63. The first-order valence-electron chi connectivity index (χ1n) is 14.0. The molecule has 5 N–H and O–H groups in total. The van der Waals surface area contributed by atoms with Gasteiger partial charge < -0.3 is 30.3 Å². The van der Waals surface area contributed by atoms with Crippen LogP contribution in [0.25, 0.3) is 0 Å². The molecule has 8 nitrogen and oxygen atoms in total. The molecule has 1 aliphatic heterocycles. The Balaban J connectivity index is 1.44. The van der Waals surface area contributed by atoms with Gasteiger partial charge in [-0.2, -0.15) is 0 Å². The van der Waals surface area contributed by atoms with Gasteiger partial charge in [0.2, 0.25) is 0 Å². The lowest BCUT2D eigenvalue weighted by atomic mass is 9.45. The normalized spacial score (nSPS) is 51.9. The van der Waals surface area contributed by atoms with Crippen LogP contribution in [0, 0.1) is 40.4 Å². The van der Waals surface area contributed by atoms with Gasteiger partial charge in [-0.15, -0.1) is 0 Å². The minimum atomic E-state index is -1.52. The third-order valence-corrected chi connectivity index (χ3v) is 11.9. The number of ketones is 1.